The largest absolute Gasteiger partial charge is 0.445 e. The third kappa shape index (κ3) is 8.54. The minimum absolute atomic E-state index is 0.00810. The predicted molar refractivity (Wildman–Crippen MR) is 108 cm³/mol. The van der Waals surface area contributed by atoms with Gasteiger partial charge in [-0.05, 0) is 24.0 Å². The van der Waals surface area contributed by atoms with Crippen molar-refractivity contribution in [1.82, 2.24) is 5.32 Å². The molecule has 28 heavy (non-hydrogen) atoms. The summed E-state index contributed by atoms with van der Waals surface area (Å²) in [5.74, 6) is -0.163. The number of hydrogen-bond donors (Lipinski definition) is 1. The van der Waals surface area contributed by atoms with E-state index < -0.39 is 16.2 Å². The molecule has 1 amide bonds. The summed E-state index contributed by atoms with van der Waals surface area (Å²) in [5.41, 5.74) is 1.68. The van der Waals surface area contributed by atoms with Crippen LogP contribution in [0.4, 0.5) is 4.79 Å². The average molecular weight is 406 g/mol. The molecular weight excluding hydrogens is 378 g/mol. The van der Waals surface area contributed by atoms with E-state index in [1.54, 1.807) is 12.1 Å². The molecule has 2 rings (SSSR count). The number of carbonyl (C=O) groups is 1. The van der Waals surface area contributed by atoms with Crippen molar-refractivity contribution in [2.24, 2.45) is 0 Å². The van der Waals surface area contributed by atoms with Crippen molar-refractivity contribution in [3.8, 4) is 0 Å². The third-order valence-corrected chi connectivity index (χ3v) is 5.35. The predicted octanol–water partition coefficient (Wildman–Crippen LogP) is 4.02. The van der Waals surface area contributed by atoms with Gasteiger partial charge in [-0.15, -0.1) is 0 Å². The Morgan fingerprint density at radius 3 is 2.07 bits per heavy atom. The zero-order chi connectivity index (χ0) is 20.2. The molecule has 152 valence electrons. The van der Waals surface area contributed by atoms with Crippen molar-refractivity contribution in [3.63, 3.8) is 0 Å². The Kier molecular flexibility index (Phi) is 8.97. The quantitative estimate of drug-likeness (QED) is 0.571. The molecule has 2 aromatic rings. The number of rotatable bonds is 11. The number of nitrogens with one attached hydrogen (secondary N) is 1. The number of hydrogen-bond acceptors (Lipinski definition) is 5. The average Bonchev–Trinajstić information content (AvgIpc) is 2.71. The van der Waals surface area contributed by atoms with Crippen LogP contribution in [0.2, 0.25) is 0 Å². The lowest BCUT2D eigenvalue weighted by Gasteiger charge is -2.18. The van der Waals surface area contributed by atoms with E-state index in [2.05, 4.69) is 5.32 Å². The van der Waals surface area contributed by atoms with Gasteiger partial charge in [0.25, 0.3) is 10.1 Å². The molecule has 0 unspecified atom stereocenters. The van der Waals surface area contributed by atoms with E-state index >= 15 is 0 Å². The summed E-state index contributed by atoms with van der Waals surface area (Å²) >= 11 is 0. The van der Waals surface area contributed by atoms with Crippen LogP contribution < -0.4 is 5.32 Å². The maximum Gasteiger partial charge on any atom is 0.407 e. The van der Waals surface area contributed by atoms with Crippen LogP contribution in [0.1, 0.15) is 37.3 Å². The first-order valence-electron chi connectivity index (χ1n) is 9.37. The van der Waals surface area contributed by atoms with E-state index in [-0.39, 0.29) is 31.4 Å². The van der Waals surface area contributed by atoms with Gasteiger partial charge in [0.2, 0.25) is 0 Å². The van der Waals surface area contributed by atoms with E-state index in [1.807, 2.05) is 55.5 Å². The van der Waals surface area contributed by atoms with E-state index in [0.717, 1.165) is 17.5 Å². The van der Waals surface area contributed by atoms with Crippen molar-refractivity contribution >= 4 is 16.2 Å². The maximum absolute atomic E-state index is 12.1. The summed E-state index contributed by atoms with van der Waals surface area (Å²) in [6.45, 7) is 2.16. The molecule has 0 heterocycles. The SMILES string of the molecule is CCC[C@H](CCS(=O)(=O)OCc1ccccc1)NC(=O)OCc1ccccc1. The Hall–Kier alpha value is -2.38. The number of ether oxygens (including phenoxy) is 1. The van der Waals surface area contributed by atoms with Gasteiger partial charge in [-0.25, -0.2) is 4.79 Å². The van der Waals surface area contributed by atoms with Crippen molar-refractivity contribution in [1.29, 1.82) is 0 Å². The maximum atomic E-state index is 12.1. The first kappa shape index (κ1) is 21.9. The van der Waals surface area contributed by atoms with Gasteiger partial charge in [-0.2, -0.15) is 8.42 Å². The molecule has 0 spiro atoms. The fraction of sp³-hybridized carbons (Fsp3) is 0.381. The molecule has 0 bridgehead atoms. The van der Waals surface area contributed by atoms with E-state index in [0.29, 0.717) is 6.42 Å². The topological polar surface area (TPSA) is 81.7 Å². The minimum atomic E-state index is -3.68. The lowest BCUT2D eigenvalue weighted by atomic mass is 10.1. The van der Waals surface area contributed by atoms with Gasteiger partial charge in [0, 0.05) is 6.04 Å². The van der Waals surface area contributed by atoms with Gasteiger partial charge in [0.1, 0.15) is 6.61 Å². The molecule has 0 saturated heterocycles. The number of alkyl carbamates (subject to hydrolysis) is 1. The molecule has 0 fully saturated rings. The standard InChI is InChI=1S/C21H27NO5S/c1-2-9-20(22-21(23)26-16-18-10-5-3-6-11-18)14-15-28(24,25)27-17-19-12-7-4-8-13-19/h3-8,10-13,20H,2,9,14-17H2,1H3,(H,22,23)/t20-/m1/s1. The Morgan fingerprint density at radius 2 is 1.50 bits per heavy atom. The molecular formula is C21H27NO5S. The Bertz CT molecular complexity index is 809. The second kappa shape index (κ2) is 11.5. The minimum Gasteiger partial charge on any atom is -0.445 e. The van der Waals surface area contributed by atoms with Gasteiger partial charge in [-0.1, -0.05) is 74.0 Å². The fourth-order valence-corrected chi connectivity index (χ4v) is 3.65. The van der Waals surface area contributed by atoms with Gasteiger partial charge < -0.3 is 10.1 Å². The summed E-state index contributed by atoms with van der Waals surface area (Å²) in [6.07, 6.45) is 1.19. The zero-order valence-electron chi connectivity index (χ0n) is 16.0. The molecule has 0 radical (unpaired) electrons. The van der Waals surface area contributed by atoms with Crippen LogP contribution in [0.3, 0.4) is 0 Å². The van der Waals surface area contributed by atoms with Crippen molar-refractivity contribution in [3.05, 3.63) is 71.8 Å². The Balaban J connectivity index is 1.78. The van der Waals surface area contributed by atoms with Gasteiger partial charge in [0.05, 0.1) is 12.4 Å². The van der Waals surface area contributed by atoms with Crippen LogP contribution in [0.15, 0.2) is 60.7 Å². The van der Waals surface area contributed by atoms with E-state index in [4.69, 9.17) is 8.92 Å². The highest BCUT2D eigenvalue weighted by Crippen LogP contribution is 2.10. The lowest BCUT2D eigenvalue weighted by molar-refractivity contribution is 0.134. The molecule has 1 atom stereocenters. The molecule has 7 heteroatoms. The lowest BCUT2D eigenvalue weighted by Crippen LogP contribution is -2.36. The fourth-order valence-electron chi connectivity index (χ4n) is 2.65. The summed E-state index contributed by atoms with van der Waals surface area (Å²) in [5, 5.41) is 2.75. The molecule has 0 aliphatic heterocycles. The van der Waals surface area contributed by atoms with Crippen LogP contribution in [-0.2, 0) is 32.3 Å². The van der Waals surface area contributed by atoms with Crippen LogP contribution >= 0.6 is 0 Å². The summed E-state index contributed by atoms with van der Waals surface area (Å²) in [4.78, 5) is 12.0. The highest BCUT2D eigenvalue weighted by Gasteiger charge is 2.18. The molecule has 0 aromatic heterocycles. The monoisotopic (exact) mass is 405 g/mol. The molecule has 0 saturated carbocycles. The smallest absolute Gasteiger partial charge is 0.407 e. The van der Waals surface area contributed by atoms with Crippen LogP contribution in [-0.4, -0.2) is 26.3 Å². The van der Waals surface area contributed by atoms with E-state index in [9.17, 15) is 13.2 Å². The highest BCUT2D eigenvalue weighted by atomic mass is 32.2. The summed E-state index contributed by atoms with van der Waals surface area (Å²) in [7, 11) is -3.68. The van der Waals surface area contributed by atoms with Crippen molar-refractivity contribution in [2.45, 2.75) is 45.4 Å². The second-order valence-corrected chi connectivity index (χ2v) is 8.25. The third-order valence-electron chi connectivity index (χ3n) is 4.14. The van der Waals surface area contributed by atoms with Crippen LogP contribution in [0, 0.1) is 0 Å². The van der Waals surface area contributed by atoms with Crippen LogP contribution in [0.5, 0.6) is 0 Å². The first-order valence-corrected chi connectivity index (χ1v) is 10.9. The molecule has 0 aliphatic carbocycles. The summed E-state index contributed by atoms with van der Waals surface area (Å²) in [6, 6.07) is 18.2. The number of benzene rings is 2. The highest BCUT2D eigenvalue weighted by molar-refractivity contribution is 7.86. The summed E-state index contributed by atoms with van der Waals surface area (Å²) < 4.78 is 34.6. The Labute approximate surface area is 167 Å². The zero-order valence-corrected chi connectivity index (χ0v) is 16.9. The molecule has 6 nitrogen and oxygen atoms in total. The molecule has 0 aliphatic rings. The van der Waals surface area contributed by atoms with Crippen molar-refractivity contribution < 1.29 is 22.1 Å². The first-order chi connectivity index (χ1) is 13.5. The van der Waals surface area contributed by atoms with Gasteiger partial charge >= 0.3 is 6.09 Å². The van der Waals surface area contributed by atoms with E-state index in [1.165, 1.54) is 0 Å². The number of amides is 1. The molecule has 1 N–H and O–H groups in total. The Morgan fingerprint density at radius 1 is 0.929 bits per heavy atom. The van der Waals surface area contributed by atoms with Crippen molar-refractivity contribution in [2.75, 3.05) is 5.75 Å². The van der Waals surface area contributed by atoms with Gasteiger partial charge in [-0.3, -0.25) is 4.18 Å². The second-order valence-electron chi connectivity index (χ2n) is 6.49. The van der Waals surface area contributed by atoms with Gasteiger partial charge in [0.15, 0.2) is 0 Å². The normalized spacial score (nSPS) is 12.3. The number of carbonyl (C=O) groups excluding carboxylic acids is 1. The van der Waals surface area contributed by atoms with Crippen LogP contribution in [0.25, 0.3) is 0 Å². The molecule has 2 aromatic carbocycles.